The SMILES string of the molecule is CCOC(=O)c1cccc(CCCCl)c1F. The van der Waals surface area contributed by atoms with E-state index < -0.39 is 11.8 Å². The molecule has 2 nitrogen and oxygen atoms in total. The molecule has 1 rings (SSSR count). The van der Waals surface area contributed by atoms with Gasteiger partial charge in [0.25, 0.3) is 0 Å². The van der Waals surface area contributed by atoms with Crippen LogP contribution in [-0.4, -0.2) is 18.5 Å². The molecule has 16 heavy (non-hydrogen) atoms. The van der Waals surface area contributed by atoms with Gasteiger partial charge in [-0.2, -0.15) is 0 Å². The second-order valence-corrected chi connectivity index (χ2v) is 3.67. The van der Waals surface area contributed by atoms with Gasteiger partial charge in [-0.05, 0) is 31.4 Å². The standard InChI is InChI=1S/C12H14ClFO2/c1-2-16-12(15)10-7-3-5-9(11(10)14)6-4-8-13/h3,5,7H,2,4,6,8H2,1H3. The summed E-state index contributed by atoms with van der Waals surface area (Å²) in [5.74, 6) is -0.637. The summed E-state index contributed by atoms with van der Waals surface area (Å²) in [4.78, 5) is 11.4. The third-order valence-electron chi connectivity index (χ3n) is 2.15. The maximum atomic E-state index is 13.8. The number of hydrogen-bond acceptors (Lipinski definition) is 2. The molecule has 0 N–H and O–H groups in total. The second-order valence-electron chi connectivity index (χ2n) is 3.29. The molecular weight excluding hydrogens is 231 g/mol. The highest BCUT2D eigenvalue weighted by Gasteiger charge is 2.15. The van der Waals surface area contributed by atoms with Gasteiger partial charge in [0.1, 0.15) is 5.82 Å². The number of alkyl halides is 1. The Balaban J connectivity index is 2.89. The highest BCUT2D eigenvalue weighted by atomic mass is 35.5. The van der Waals surface area contributed by atoms with Crippen LogP contribution in [0.4, 0.5) is 4.39 Å². The number of carbonyl (C=O) groups excluding carboxylic acids is 1. The highest BCUT2D eigenvalue weighted by Crippen LogP contribution is 2.16. The van der Waals surface area contributed by atoms with E-state index in [-0.39, 0.29) is 12.2 Å². The topological polar surface area (TPSA) is 26.3 Å². The molecule has 0 aliphatic carbocycles. The molecule has 0 aromatic heterocycles. The number of aryl methyl sites for hydroxylation is 1. The van der Waals surface area contributed by atoms with E-state index in [1.165, 1.54) is 6.07 Å². The molecule has 0 saturated carbocycles. The second kappa shape index (κ2) is 6.48. The number of benzene rings is 1. The number of rotatable bonds is 5. The molecule has 0 heterocycles. The summed E-state index contributed by atoms with van der Waals surface area (Å²) in [6.07, 6.45) is 1.22. The molecule has 1 aromatic carbocycles. The molecule has 0 aliphatic heterocycles. The lowest BCUT2D eigenvalue weighted by Gasteiger charge is -2.07. The van der Waals surface area contributed by atoms with Crippen LogP contribution in [0.5, 0.6) is 0 Å². The van der Waals surface area contributed by atoms with Crippen LogP contribution < -0.4 is 0 Å². The largest absolute Gasteiger partial charge is 0.462 e. The van der Waals surface area contributed by atoms with Gasteiger partial charge < -0.3 is 4.74 Å². The van der Waals surface area contributed by atoms with Crippen molar-refractivity contribution in [1.29, 1.82) is 0 Å². The first-order valence-electron chi connectivity index (χ1n) is 5.21. The summed E-state index contributed by atoms with van der Waals surface area (Å²) in [5, 5.41) is 0. The molecule has 0 saturated heterocycles. The Bertz CT molecular complexity index is 366. The van der Waals surface area contributed by atoms with Gasteiger partial charge in [-0.25, -0.2) is 9.18 Å². The first kappa shape index (κ1) is 13.0. The molecule has 0 aliphatic rings. The minimum Gasteiger partial charge on any atom is -0.462 e. The van der Waals surface area contributed by atoms with E-state index in [1.54, 1.807) is 19.1 Å². The number of ether oxygens (including phenoxy) is 1. The molecule has 0 spiro atoms. The van der Waals surface area contributed by atoms with Crippen molar-refractivity contribution in [3.8, 4) is 0 Å². The molecule has 0 atom stereocenters. The van der Waals surface area contributed by atoms with Crippen molar-refractivity contribution in [3.05, 3.63) is 35.1 Å². The minimum absolute atomic E-state index is 0.00563. The van der Waals surface area contributed by atoms with E-state index in [1.807, 2.05) is 0 Å². The Morgan fingerprint density at radius 1 is 1.50 bits per heavy atom. The third kappa shape index (κ3) is 3.20. The molecule has 1 aromatic rings. The molecule has 0 fully saturated rings. The van der Waals surface area contributed by atoms with E-state index in [0.717, 1.165) is 0 Å². The van der Waals surface area contributed by atoms with Crippen molar-refractivity contribution in [2.75, 3.05) is 12.5 Å². The summed E-state index contributed by atoms with van der Waals surface area (Å²) in [7, 11) is 0. The van der Waals surface area contributed by atoms with Gasteiger partial charge >= 0.3 is 5.97 Å². The zero-order valence-electron chi connectivity index (χ0n) is 9.13. The summed E-state index contributed by atoms with van der Waals surface area (Å²) in [5.41, 5.74) is 0.500. The van der Waals surface area contributed by atoms with Gasteiger partial charge in [-0.3, -0.25) is 0 Å². The smallest absolute Gasteiger partial charge is 0.341 e. The summed E-state index contributed by atoms with van der Waals surface area (Å²) in [6, 6.07) is 4.74. The number of hydrogen-bond donors (Lipinski definition) is 0. The Morgan fingerprint density at radius 3 is 2.88 bits per heavy atom. The van der Waals surface area contributed by atoms with E-state index >= 15 is 0 Å². The lowest BCUT2D eigenvalue weighted by atomic mass is 10.1. The van der Waals surface area contributed by atoms with E-state index in [0.29, 0.717) is 24.3 Å². The lowest BCUT2D eigenvalue weighted by molar-refractivity contribution is 0.0521. The van der Waals surface area contributed by atoms with Crippen molar-refractivity contribution in [2.45, 2.75) is 19.8 Å². The van der Waals surface area contributed by atoms with Crippen LogP contribution >= 0.6 is 11.6 Å². The zero-order chi connectivity index (χ0) is 12.0. The summed E-state index contributed by atoms with van der Waals surface area (Å²) < 4.78 is 18.6. The average Bonchev–Trinajstić information content (AvgIpc) is 2.28. The van der Waals surface area contributed by atoms with Crippen molar-refractivity contribution in [1.82, 2.24) is 0 Å². The highest BCUT2D eigenvalue weighted by molar-refractivity contribution is 6.17. The molecule has 4 heteroatoms. The van der Waals surface area contributed by atoms with E-state index in [2.05, 4.69) is 0 Å². The monoisotopic (exact) mass is 244 g/mol. The summed E-state index contributed by atoms with van der Waals surface area (Å²) >= 11 is 5.54. The number of esters is 1. The molecule has 0 unspecified atom stereocenters. The fourth-order valence-corrected chi connectivity index (χ4v) is 1.53. The van der Waals surface area contributed by atoms with Crippen LogP contribution in [0.15, 0.2) is 18.2 Å². The van der Waals surface area contributed by atoms with Gasteiger partial charge in [-0.15, -0.1) is 11.6 Å². The van der Waals surface area contributed by atoms with Crippen molar-refractivity contribution in [2.24, 2.45) is 0 Å². The lowest BCUT2D eigenvalue weighted by Crippen LogP contribution is -2.09. The molecule has 0 bridgehead atoms. The first-order chi connectivity index (χ1) is 7.70. The molecular formula is C12H14ClFO2. The van der Waals surface area contributed by atoms with Gasteiger partial charge in [0.05, 0.1) is 12.2 Å². The van der Waals surface area contributed by atoms with Gasteiger partial charge in [0.2, 0.25) is 0 Å². The molecule has 0 radical (unpaired) electrons. The number of carbonyl (C=O) groups is 1. The van der Waals surface area contributed by atoms with Crippen LogP contribution in [0.1, 0.15) is 29.3 Å². The predicted octanol–water partition coefficient (Wildman–Crippen LogP) is 3.17. The minimum atomic E-state index is -0.618. The Morgan fingerprint density at radius 2 is 2.25 bits per heavy atom. The first-order valence-corrected chi connectivity index (χ1v) is 5.74. The van der Waals surface area contributed by atoms with Crippen LogP contribution in [0.25, 0.3) is 0 Å². The Kier molecular flexibility index (Phi) is 5.26. The van der Waals surface area contributed by atoms with Crippen LogP contribution in [0.3, 0.4) is 0 Å². The molecule has 0 amide bonds. The van der Waals surface area contributed by atoms with Crippen LogP contribution in [0, 0.1) is 5.82 Å². The van der Waals surface area contributed by atoms with Crippen molar-refractivity contribution >= 4 is 17.6 Å². The van der Waals surface area contributed by atoms with Crippen molar-refractivity contribution < 1.29 is 13.9 Å². The quantitative estimate of drug-likeness (QED) is 0.587. The van der Waals surface area contributed by atoms with Crippen LogP contribution in [-0.2, 0) is 11.2 Å². The Hall–Kier alpha value is -1.09. The van der Waals surface area contributed by atoms with Crippen LogP contribution in [0.2, 0.25) is 0 Å². The maximum Gasteiger partial charge on any atom is 0.341 e. The fourth-order valence-electron chi connectivity index (χ4n) is 1.40. The Labute approximate surface area is 99.4 Å². The van der Waals surface area contributed by atoms with Gasteiger partial charge in [-0.1, -0.05) is 12.1 Å². The number of halogens is 2. The van der Waals surface area contributed by atoms with E-state index in [9.17, 15) is 9.18 Å². The average molecular weight is 245 g/mol. The van der Waals surface area contributed by atoms with Crippen molar-refractivity contribution in [3.63, 3.8) is 0 Å². The summed E-state index contributed by atoms with van der Waals surface area (Å²) in [6.45, 7) is 1.93. The third-order valence-corrected chi connectivity index (χ3v) is 2.42. The predicted molar refractivity (Wildman–Crippen MR) is 61.4 cm³/mol. The zero-order valence-corrected chi connectivity index (χ0v) is 9.89. The van der Waals surface area contributed by atoms with E-state index in [4.69, 9.17) is 16.3 Å². The van der Waals surface area contributed by atoms with Gasteiger partial charge in [0, 0.05) is 5.88 Å². The molecule has 88 valence electrons. The normalized spacial score (nSPS) is 10.2. The maximum absolute atomic E-state index is 13.8. The fraction of sp³-hybridized carbons (Fsp3) is 0.417. The van der Waals surface area contributed by atoms with Gasteiger partial charge in [0.15, 0.2) is 0 Å².